The summed E-state index contributed by atoms with van der Waals surface area (Å²) in [5.41, 5.74) is 3.02. The highest BCUT2D eigenvalue weighted by Crippen LogP contribution is 2.26. The number of oxazole rings is 1. The molecule has 0 aliphatic heterocycles. The smallest absolute Gasteiger partial charge is 0.226 e. The lowest BCUT2D eigenvalue weighted by molar-refractivity contribution is 0.415. The highest BCUT2D eigenvalue weighted by atomic mass is 32.2. The summed E-state index contributed by atoms with van der Waals surface area (Å²) in [6.45, 7) is 2.94. The molecule has 6 nitrogen and oxygen atoms in total. The third-order valence-electron chi connectivity index (χ3n) is 4.55. The van der Waals surface area contributed by atoms with Crippen molar-refractivity contribution in [2.45, 2.75) is 30.8 Å². The molecule has 0 saturated heterocycles. The minimum atomic E-state index is 0.602. The van der Waals surface area contributed by atoms with E-state index in [-0.39, 0.29) is 0 Å². The van der Waals surface area contributed by atoms with Crippen molar-refractivity contribution >= 4 is 11.8 Å². The molecule has 0 aliphatic carbocycles. The van der Waals surface area contributed by atoms with E-state index in [1.807, 2.05) is 42.5 Å². The second-order valence-corrected chi connectivity index (χ2v) is 7.41. The number of hydrogen-bond donors (Lipinski definition) is 0. The highest BCUT2D eigenvalue weighted by molar-refractivity contribution is 7.98. The molecule has 2 aromatic carbocycles. The SMILES string of the molecule is CCn1c(Cc2ccccc2)nnc1SCc1coc(-c2ccc(OC)cc2)n1. The van der Waals surface area contributed by atoms with E-state index >= 15 is 0 Å². The van der Waals surface area contributed by atoms with Crippen LogP contribution in [0.1, 0.15) is 24.0 Å². The Labute approximate surface area is 174 Å². The van der Waals surface area contributed by atoms with Crippen LogP contribution in [0.5, 0.6) is 5.75 Å². The van der Waals surface area contributed by atoms with Gasteiger partial charge < -0.3 is 13.7 Å². The van der Waals surface area contributed by atoms with Gasteiger partial charge in [0.25, 0.3) is 0 Å². The van der Waals surface area contributed by atoms with Crippen LogP contribution < -0.4 is 4.74 Å². The average molecular weight is 407 g/mol. The zero-order valence-corrected chi connectivity index (χ0v) is 17.2. The standard InChI is InChI=1S/C22H22N4O2S/c1-3-26-20(13-16-7-5-4-6-8-16)24-25-22(26)29-15-18-14-28-21(23-18)17-9-11-19(27-2)12-10-17/h4-12,14H,3,13,15H2,1-2H3. The quantitative estimate of drug-likeness (QED) is 0.390. The molecule has 148 valence electrons. The molecule has 0 radical (unpaired) electrons. The second kappa shape index (κ2) is 8.96. The summed E-state index contributed by atoms with van der Waals surface area (Å²) in [7, 11) is 1.65. The number of thioether (sulfide) groups is 1. The monoisotopic (exact) mass is 406 g/mol. The summed E-state index contributed by atoms with van der Waals surface area (Å²) in [5, 5.41) is 9.68. The molecule has 0 fully saturated rings. The van der Waals surface area contributed by atoms with Gasteiger partial charge in [0.1, 0.15) is 17.8 Å². The molecule has 2 aromatic heterocycles. The first-order chi connectivity index (χ1) is 14.3. The summed E-state index contributed by atoms with van der Waals surface area (Å²) in [5.74, 6) is 3.05. The normalized spacial score (nSPS) is 11.0. The number of benzene rings is 2. The predicted molar refractivity (Wildman–Crippen MR) is 113 cm³/mol. The summed E-state index contributed by atoms with van der Waals surface area (Å²) >= 11 is 1.62. The van der Waals surface area contributed by atoms with Crippen molar-refractivity contribution in [1.29, 1.82) is 0 Å². The molecule has 2 heterocycles. The van der Waals surface area contributed by atoms with Crippen molar-refractivity contribution in [3.63, 3.8) is 0 Å². The second-order valence-electron chi connectivity index (χ2n) is 6.47. The molecule has 0 aliphatic rings. The van der Waals surface area contributed by atoms with Crippen molar-refractivity contribution in [3.8, 4) is 17.2 Å². The number of nitrogens with zero attached hydrogens (tertiary/aromatic N) is 4. The van der Waals surface area contributed by atoms with Crippen LogP contribution in [0.25, 0.3) is 11.5 Å². The Hall–Kier alpha value is -3.06. The maximum Gasteiger partial charge on any atom is 0.226 e. The summed E-state index contributed by atoms with van der Waals surface area (Å²) < 4.78 is 13.0. The molecular formula is C22H22N4O2S. The van der Waals surface area contributed by atoms with E-state index in [2.05, 4.69) is 38.8 Å². The van der Waals surface area contributed by atoms with Crippen LogP contribution in [0.15, 0.2) is 70.4 Å². The van der Waals surface area contributed by atoms with E-state index in [9.17, 15) is 0 Å². The zero-order valence-electron chi connectivity index (χ0n) is 16.4. The maximum atomic E-state index is 5.65. The Morgan fingerprint density at radius 3 is 2.55 bits per heavy atom. The fourth-order valence-electron chi connectivity index (χ4n) is 3.03. The van der Waals surface area contributed by atoms with Crippen molar-refractivity contribution in [2.75, 3.05) is 7.11 Å². The van der Waals surface area contributed by atoms with Gasteiger partial charge in [-0.3, -0.25) is 0 Å². The first kappa shape index (κ1) is 19.3. The van der Waals surface area contributed by atoms with E-state index in [0.717, 1.165) is 41.0 Å². The number of ether oxygens (including phenoxy) is 1. The first-order valence-electron chi connectivity index (χ1n) is 9.44. The Morgan fingerprint density at radius 2 is 1.83 bits per heavy atom. The molecule has 29 heavy (non-hydrogen) atoms. The number of methoxy groups -OCH3 is 1. The van der Waals surface area contributed by atoms with Gasteiger partial charge in [0.15, 0.2) is 5.16 Å². The Balaban J connectivity index is 1.43. The van der Waals surface area contributed by atoms with Gasteiger partial charge in [-0.1, -0.05) is 42.1 Å². The van der Waals surface area contributed by atoms with Gasteiger partial charge in [0, 0.05) is 24.3 Å². The lowest BCUT2D eigenvalue weighted by Gasteiger charge is -2.06. The Morgan fingerprint density at radius 1 is 1.03 bits per heavy atom. The summed E-state index contributed by atoms with van der Waals surface area (Å²) in [4.78, 5) is 4.60. The van der Waals surface area contributed by atoms with E-state index < -0.39 is 0 Å². The molecule has 0 bridgehead atoms. The predicted octanol–water partition coefficient (Wildman–Crippen LogP) is 4.84. The van der Waals surface area contributed by atoms with Gasteiger partial charge in [-0.25, -0.2) is 4.98 Å². The van der Waals surface area contributed by atoms with Crippen LogP contribution >= 0.6 is 11.8 Å². The van der Waals surface area contributed by atoms with Crippen molar-refractivity contribution in [3.05, 3.63) is 77.9 Å². The zero-order chi connectivity index (χ0) is 20.1. The van der Waals surface area contributed by atoms with Crippen molar-refractivity contribution < 1.29 is 9.15 Å². The molecule has 0 atom stereocenters. The Bertz CT molecular complexity index is 1060. The van der Waals surface area contributed by atoms with Crippen LogP contribution in [0.2, 0.25) is 0 Å². The van der Waals surface area contributed by atoms with Crippen LogP contribution in [0, 0.1) is 0 Å². The molecule has 0 saturated carbocycles. The van der Waals surface area contributed by atoms with Gasteiger partial charge in [0.2, 0.25) is 5.89 Å². The molecule has 4 aromatic rings. The van der Waals surface area contributed by atoms with E-state index in [1.165, 1.54) is 5.56 Å². The lowest BCUT2D eigenvalue weighted by atomic mass is 10.1. The van der Waals surface area contributed by atoms with E-state index in [0.29, 0.717) is 11.6 Å². The van der Waals surface area contributed by atoms with Crippen molar-refractivity contribution in [2.24, 2.45) is 0 Å². The minimum Gasteiger partial charge on any atom is -0.497 e. The number of rotatable bonds is 8. The third-order valence-corrected chi connectivity index (χ3v) is 5.55. The summed E-state index contributed by atoms with van der Waals surface area (Å²) in [6.07, 6.45) is 2.47. The first-order valence-corrected chi connectivity index (χ1v) is 10.4. The molecule has 0 N–H and O–H groups in total. The van der Waals surface area contributed by atoms with Gasteiger partial charge in [0.05, 0.1) is 12.8 Å². The molecule has 0 amide bonds. The lowest BCUT2D eigenvalue weighted by Crippen LogP contribution is -2.04. The topological polar surface area (TPSA) is 66.0 Å². The average Bonchev–Trinajstić information content (AvgIpc) is 3.40. The number of aromatic nitrogens is 4. The fourth-order valence-corrected chi connectivity index (χ4v) is 3.93. The molecule has 0 unspecified atom stereocenters. The number of hydrogen-bond acceptors (Lipinski definition) is 6. The molecule has 7 heteroatoms. The fraction of sp³-hybridized carbons (Fsp3) is 0.227. The molecule has 0 spiro atoms. The highest BCUT2D eigenvalue weighted by Gasteiger charge is 2.14. The Kier molecular flexibility index (Phi) is 5.95. The van der Waals surface area contributed by atoms with E-state index in [4.69, 9.17) is 9.15 Å². The van der Waals surface area contributed by atoms with Crippen LogP contribution in [0.4, 0.5) is 0 Å². The van der Waals surface area contributed by atoms with Crippen LogP contribution in [-0.2, 0) is 18.7 Å². The molecule has 4 rings (SSSR count). The third kappa shape index (κ3) is 4.51. The van der Waals surface area contributed by atoms with E-state index in [1.54, 1.807) is 25.1 Å². The van der Waals surface area contributed by atoms with Crippen LogP contribution in [0.3, 0.4) is 0 Å². The van der Waals surface area contributed by atoms with Gasteiger partial charge >= 0.3 is 0 Å². The maximum absolute atomic E-state index is 5.65. The van der Waals surface area contributed by atoms with Crippen LogP contribution in [-0.4, -0.2) is 26.9 Å². The van der Waals surface area contributed by atoms with Crippen molar-refractivity contribution in [1.82, 2.24) is 19.7 Å². The summed E-state index contributed by atoms with van der Waals surface area (Å²) in [6, 6.07) is 18.0. The van der Waals surface area contributed by atoms with Gasteiger partial charge in [-0.2, -0.15) is 0 Å². The largest absolute Gasteiger partial charge is 0.497 e. The van der Waals surface area contributed by atoms with Gasteiger partial charge in [-0.05, 0) is 36.8 Å². The molecular weight excluding hydrogens is 384 g/mol. The van der Waals surface area contributed by atoms with Gasteiger partial charge in [-0.15, -0.1) is 10.2 Å². The minimum absolute atomic E-state index is 0.602.